The maximum atomic E-state index is 4.80. The van der Waals surface area contributed by atoms with Crippen molar-refractivity contribution in [2.75, 3.05) is 26.2 Å². The number of hydrogen-bond acceptors (Lipinski definition) is 4. The van der Waals surface area contributed by atoms with Crippen LogP contribution in [0, 0.1) is 0 Å². The summed E-state index contributed by atoms with van der Waals surface area (Å²) < 4.78 is 13.9. The molecule has 0 aliphatic carbocycles. The zero-order chi connectivity index (χ0) is 27.4. The number of nitrogens with zero attached hydrogens (tertiary/aromatic N) is 6. The summed E-state index contributed by atoms with van der Waals surface area (Å²) in [5, 5.41) is 0. The van der Waals surface area contributed by atoms with Crippen molar-refractivity contribution in [3.8, 4) is 0 Å². The fourth-order valence-corrected chi connectivity index (χ4v) is 8.25. The molecule has 36 heavy (non-hydrogen) atoms. The molecule has 0 aliphatic heterocycles. The first-order valence-electron chi connectivity index (χ1n) is 13.9. The van der Waals surface area contributed by atoms with Crippen LogP contribution in [0.5, 0.6) is 0 Å². The largest absolute Gasteiger partial charge is 4.00 e. The molecule has 10 heteroatoms. The molecule has 0 spiro atoms. The fourth-order valence-electron chi connectivity index (χ4n) is 3.30. The molecule has 0 aromatic carbocycles. The van der Waals surface area contributed by atoms with Gasteiger partial charge in [0.2, 0.25) is 0 Å². The molecule has 0 saturated carbocycles. The third-order valence-electron chi connectivity index (χ3n) is 4.38. The first-order chi connectivity index (χ1) is 16.2. The quantitative estimate of drug-likeness (QED) is 0.0595. The smallest absolute Gasteiger partial charge is 0.675 e. The van der Waals surface area contributed by atoms with E-state index in [-0.39, 0.29) is 35.0 Å². The normalized spacial score (nSPS) is 12.5. The third kappa shape index (κ3) is 30.0. The van der Waals surface area contributed by atoms with Gasteiger partial charge in [0.1, 0.15) is 0 Å². The molecular weight excluding hydrogens is 607 g/mol. The van der Waals surface area contributed by atoms with Crippen molar-refractivity contribution >= 4 is 56.6 Å². The van der Waals surface area contributed by atoms with E-state index in [1.807, 2.05) is 0 Å². The number of hydrazine groups is 1. The molecule has 0 fully saturated rings. The van der Waals surface area contributed by atoms with E-state index in [9.17, 15) is 0 Å². The van der Waals surface area contributed by atoms with E-state index in [0.29, 0.717) is 0 Å². The monoisotopic (exact) mass is 668 g/mol. The van der Waals surface area contributed by atoms with Crippen molar-refractivity contribution in [3.05, 3.63) is 19.4 Å². The predicted octanol–water partition coefficient (Wildman–Crippen LogP) is 10.2. The van der Waals surface area contributed by atoms with Crippen LogP contribution >= 0.6 is 24.3 Å². The molecule has 0 radical (unpaired) electrons. The van der Waals surface area contributed by atoms with Gasteiger partial charge < -0.3 is 19.4 Å². The van der Waals surface area contributed by atoms with Gasteiger partial charge in [-0.15, -0.1) is 37.3 Å². The second-order valence-electron chi connectivity index (χ2n) is 11.5. The Hall–Kier alpha value is 1.48. The van der Waals surface area contributed by atoms with Crippen molar-refractivity contribution < 1.29 is 0 Å². The summed E-state index contributed by atoms with van der Waals surface area (Å²) in [6, 6.07) is 0. The van der Waals surface area contributed by atoms with Gasteiger partial charge in [-0.25, -0.2) is 0 Å². The van der Waals surface area contributed by atoms with Crippen LogP contribution < -0.4 is 0 Å². The second-order valence-corrected chi connectivity index (χ2v) is 16.6. The van der Waals surface area contributed by atoms with E-state index < -0.39 is 8.40 Å². The molecule has 0 rings (SSSR count). The van der Waals surface area contributed by atoms with Crippen LogP contribution in [0.2, 0.25) is 13.1 Å². The number of rotatable bonds is 19. The van der Waals surface area contributed by atoms with Gasteiger partial charge in [-0.2, -0.15) is 41.5 Å². The first kappa shape index (κ1) is 41.9. The Kier molecular flexibility index (Phi) is 28.3. The number of hydrogen-bond donors (Lipinski definition) is 0. The van der Waals surface area contributed by atoms with Crippen molar-refractivity contribution in [2.24, 2.45) is 0 Å². The SMILES string of the molecule is CC(C)(C)[N-][Si](C)(C)[N-]C(C)(C)C.CCCC[N-]SN(CCCC)N(CCCC)S[N-]CCCC.[Sn+4]. The fraction of sp³-hybridized carbons (Fsp3) is 1.00. The molecule has 0 saturated heterocycles. The maximum Gasteiger partial charge on any atom is 4.00 e. The van der Waals surface area contributed by atoms with E-state index in [2.05, 4.69) is 101 Å². The minimum atomic E-state index is -1.72. The Morgan fingerprint density at radius 2 is 0.889 bits per heavy atom. The summed E-state index contributed by atoms with van der Waals surface area (Å²) in [6.07, 6.45) is 9.61. The zero-order valence-corrected chi connectivity index (χ0v) is 31.5. The second kappa shape index (κ2) is 24.3. The van der Waals surface area contributed by atoms with Gasteiger partial charge >= 0.3 is 23.9 Å². The molecule has 0 aliphatic rings. The minimum Gasteiger partial charge on any atom is -0.675 e. The first-order valence-corrected chi connectivity index (χ1v) is 18.3. The average molecular weight is 668 g/mol. The molecule has 0 atom stereocenters. The zero-order valence-electron chi connectivity index (χ0n) is 26.0. The van der Waals surface area contributed by atoms with Crippen LogP contribution in [0.15, 0.2) is 0 Å². The van der Waals surface area contributed by atoms with Gasteiger partial charge in [-0.3, -0.25) is 0 Å². The molecule has 0 bridgehead atoms. The van der Waals surface area contributed by atoms with E-state index in [1.165, 1.54) is 51.4 Å². The molecule has 6 nitrogen and oxygen atoms in total. The molecular formula is C26H60N6S2SiSn. The summed E-state index contributed by atoms with van der Waals surface area (Å²) in [5.41, 5.74) is 0.0922. The van der Waals surface area contributed by atoms with Crippen molar-refractivity contribution in [1.29, 1.82) is 0 Å². The van der Waals surface area contributed by atoms with Gasteiger partial charge in [0.15, 0.2) is 0 Å². The van der Waals surface area contributed by atoms with Crippen LogP contribution in [0.1, 0.15) is 121 Å². The van der Waals surface area contributed by atoms with E-state index in [0.717, 1.165) is 26.2 Å². The predicted molar refractivity (Wildman–Crippen MR) is 174 cm³/mol. The summed E-state index contributed by atoms with van der Waals surface area (Å²) in [4.78, 5) is 9.60. The van der Waals surface area contributed by atoms with E-state index in [4.69, 9.17) is 9.96 Å². The average Bonchev–Trinajstić information content (AvgIpc) is 2.70. The van der Waals surface area contributed by atoms with Gasteiger partial charge in [0, 0.05) is 13.1 Å². The van der Waals surface area contributed by atoms with Crippen LogP contribution in [-0.2, 0) is 0 Å². The molecule has 0 aromatic heterocycles. The van der Waals surface area contributed by atoms with Gasteiger partial charge in [-0.05, 0) is 12.8 Å². The number of unbranched alkanes of at least 4 members (excludes halogenated alkanes) is 4. The molecule has 0 unspecified atom stereocenters. The Labute approximate surface area is 254 Å². The molecule has 214 valence electrons. The third-order valence-corrected chi connectivity index (χ3v) is 8.65. The van der Waals surface area contributed by atoms with Crippen molar-refractivity contribution in [2.45, 2.75) is 145 Å². The Balaban J connectivity index is -0.000000667. The summed E-state index contributed by atoms with van der Waals surface area (Å²) in [6.45, 7) is 30.1. The van der Waals surface area contributed by atoms with E-state index >= 15 is 0 Å². The summed E-state index contributed by atoms with van der Waals surface area (Å²) in [7, 11) is -1.72. The van der Waals surface area contributed by atoms with Crippen LogP contribution in [0.3, 0.4) is 0 Å². The Bertz CT molecular complexity index is 436. The van der Waals surface area contributed by atoms with Crippen molar-refractivity contribution in [3.63, 3.8) is 0 Å². The van der Waals surface area contributed by atoms with Crippen LogP contribution in [0.25, 0.3) is 19.4 Å². The van der Waals surface area contributed by atoms with Crippen LogP contribution in [0.4, 0.5) is 0 Å². The van der Waals surface area contributed by atoms with Gasteiger partial charge in [0.25, 0.3) is 0 Å². The summed E-state index contributed by atoms with van der Waals surface area (Å²) >= 11 is 3.25. The standard InChI is InChI=1S/C16H36N4S2.C10H24N2Si.Sn/c1-5-9-13-17-21-19(15-11-7-3)20(16-12-8-4)22-18-14-10-6-2;1-9(2,3)11-13(7,8)12-10(4,5)6;/h5-16H2,1-4H3;1-8H3;/q2*-2;+4. The van der Waals surface area contributed by atoms with Gasteiger partial charge in [0.05, 0.1) is 0 Å². The topological polar surface area (TPSA) is 62.9 Å². The van der Waals surface area contributed by atoms with Crippen LogP contribution in [-0.4, -0.2) is 78.4 Å². The molecule has 0 N–H and O–H groups in total. The van der Waals surface area contributed by atoms with E-state index in [1.54, 1.807) is 24.3 Å². The Morgan fingerprint density at radius 3 is 1.14 bits per heavy atom. The Morgan fingerprint density at radius 1 is 0.583 bits per heavy atom. The molecule has 0 heterocycles. The molecule has 0 aromatic rings. The van der Waals surface area contributed by atoms with Gasteiger partial charge in [-0.1, -0.05) is 108 Å². The summed E-state index contributed by atoms with van der Waals surface area (Å²) in [5.74, 6) is 0. The molecule has 0 amide bonds. The minimum absolute atomic E-state index is 0. The maximum absolute atomic E-state index is 4.80. The van der Waals surface area contributed by atoms with Crippen molar-refractivity contribution in [1.82, 2.24) is 8.83 Å².